The zero-order valence-electron chi connectivity index (χ0n) is 34.5. The van der Waals surface area contributed by atoms with Crippen LogP contribution in [0, 0.1) is 25.5 Å². The highest BCUT2D eigenvalue weighted by atomic mass is 32.1. The zero-order chi connectivity index (χ0) is 47.6. The van der Waals surface area contributed by atoms with Crippen LogP contribution in [0.4, 0.5) is 35.1 Å². The van der Waals surface area contributed by atoms with Gasteiger partial charge in [0.25, 0.3) is 16.3 Å². The molecule has 0 spiro atoms. The van der Waals surface area contributed by atoms with Crippen LogP contribution in [0.25, 0.3) is 0 Å². The van der Waals surface area contributed by atoms with Crippen LogP contribution >= 0.6 is 22.7 Å². The number of carbonyl (C=O) groups is 2. The summed E-state index contributed by atoms with van der Waals surface area (Å²) in [5.41, 5.74) is 6.70. The topological polar surface area (TPSA) is 218 Å². The molecule has 4 N–H and O–H groups in total. The van der Waals surface area contributed by atoms with Crippen LogP contribution in [0.5, 0.6) is 21.9 Å². The van der Waals surface area contributed by atoms with Crippen LogP contribution in [0.1, 0.15) is 59.0 Å². The molecule has 2 aromatic carbocycles. The Bertz CT molecular complexity index is 2080. The minimum absolute atomic E-state index is 0.0365. The van der Waals surface area contributed by atoms with Crippen molar-refractivity contribution in [2.24, 2.45) is 5.73 Å². The number of nitrogens with zero attached hydrogens (tertiary/aromatic N) is 4. The maximum Gasteiger partial charge on any atom is 0.522 e. The highest BCUT2D eigenvalue weighted by Crippen LogP contribution is 2.33. The number of aliphatic carboxylic acids is 1. The van der Waals surface area contributed by atoms with Crippen molar-refractivity contribution in [1.29, 1.82) is 0 Å². The van der Waals surface area contributed by atoms with E-state index in [9.17, 15) is 44.7 Å². The van der Waals surface area contributed by atoms with Gasteiger partial charge in [-0.15, -0.1) is 36.5 Å². The van der Waals surface area contributed by atoms with Gasteiger partial charge in [0.1, 0.15) is 58.6 Å². The van der Waals surface area contributed by atoms with Gasteiger partial charge >= 0.3 is 18.7 Å². The van der Waals surface area contributed by atoms with Gasteiger partial charge in [-0.05, 0) is 62.8 Å². The van der Waals surface area contributed by atoms with Crippen LogP contribution in [-0.2, 0) is 28.5 Å². The molecule has 4 atom stereocenters. The predicted molar refractivity (Wildman–Crippen MR) is 211 cm³/mol. The van der Waals surface area contributed by atoms with Crippen molar-refractivity contribution < 1.29 is 87.7 Å². The second kappa shape index (κ2) is 25.6. The highest BCUT2D eigenvalue weighted by Gasteiger charge is 2.31. The number of alkyl halides is 6. The molecular weight excluding hydrogens is 933 g/mol. The first-order chi connectivity index (χ1) is 30.7. The number of ether oxygens (including phenoxy) is 8. The fraction of sp³-hybridized carbons (Fsp3) is 0.526. The summed E-state index contributed by atoms with van der Waals surface area (Å²) in [6, 6.07) is 8.42. The third kappa shape index (κ3) is 20.3. The second-order valence-electron chi connectivity index (χ2n) is 13.7. The average molecular weight is 977 g/mol. The van der Waals surface area contributed by atoms with Gasteiger partial charge in [0.15, 0.2) is 13.2 Å². The van der Waals surface area contributed by atoms with Crippen LogP contribution < -0.4 is 30.0 Å². The lowest BCUT2D eigenvalue weighted by atomic mass is 10.1. The maximum atomic E-state index is 13.5. The van der Waals surface area contributed by atoms with Crippen LogP contribution in [0.2, 0.25) is 0 Å². The van der Waals surface area contributed by atoms with E-state index in [1.54, 1.807) is 26.0 Å². The monoisotopic (exact) mass is 976 g/mol. The molecule has 2 saturated heterocycles. The molecule has 1 amide bonds. The molecule has 2 aliphatic heterocycles. The number of nitrogens with two attached hydrogens (primary N) is 1. The largest absolute Gasteiger partial charge is 0.522 e. The number of nitrogens with one attached hydrogen (secondary N) is 1. The van der Waals surface area contributed by atoms with E-state index in [0.717, 1.165) is 41.6 Å². The molecule has 0 saturated carbocycles. The Kier molecular flexibility index (Phi) is 20.7. The molecule has 65 heavy (non-hydrogen) atoms. The Balaban J connectivity index is 0.000000238. The number of amides is 1. The van der Waals surface area contributed by atoms with Gasteiger partial charge in [-0.1, -0.05) is 45.0 Å². The smallest absolute Gasteiger partial charge is 0.484 e. The van der Waals surface area contributed by atoms with Crippen molar-refractivity contribution in [3.63, 3.8) is 0 Å². The van der Waals surface area contributed by atoms with Gasteiger partial charge in [0.2, 0.25) is 0 Å². The lowest BCUT2D eigenvalue weighted by Crippen LogP contribution is -2.43. The van der Waals surface area contributed by atoms with Crippen LogP contribution in [0.3, 0.4) is 0 Å². The summed E-state index contributed by atoms with van der Waals surface area (Å²) in [5, 5.41) is 27.9. The van der Waals surface area contributed by atoms with Crippen molar-refractivity contribution in [1.82, 2.24) is 25.7 Å². The SMILES string of the molecule is Cc1ccc(OCC(=O)N[C@@H]2CC[C@@H](c3nnc(OCCOC(F)(F)F)s3)OC2)cc1F.Cc1ccc(OCC(=O)O)cc1F.N[C@@H]1CC[C@@H](c2nnc(OCCOC(F)(F)F)s2)OC1. The molecule has 0 unspecified atom stereocenters. The van der Waals surface area contributed by atoms with E-state index in [0.29, 0.717) is 40.6 Å². The fourth-order valence-corrected chi connectivity index (χ4v) is 6.91. The molecule has 0 radical (unpaired) electrons. The van der Waals surface area contributed by atoms with Gasteiger partial charge in [0.05, 0.1) is 32.5 Å². The molecule has 27 heteroatoms. The molecule has 2 aliphatic rings. The lowest BCUT2D eigenvalue weighted by Gasteiger charge is -2.28. The molecule has 0 aliphatic carbocycles. The number of halogens is 8. The summed E-state index contributed by atoms with van der Waals surface area (Å²) in [6.45, 7) is 1.44. The number of hydrogen-bond acceptors (Lipinski definition) is 17. The number of carbonyl (C=O) groups excluding carboxylic acids is 1. The minimum atomic E-state index is -4.71. The molecule has 0 bridgehead atoms. The number of rotatable bonds is 17. The molecule has 2 aromatic heterocycles. The normalized spacial score (nSPS) is 18.6. The van der Waals surface area contributed by atoms with E-state index >= 15 is 0 Å². The summed E-state index contributed by atoms with van der Waals surface area (Å²) in [6.07, 6.45) is -7.13. The van der Waals surface area contributed by atoms with Crippen molar-refractivity contribution in [3.05, 3.63) is 69.2 Å². The molecule has 360 valence electrons. The Morgan fingerprint density at radius 1 is 0.708 bits per heavy atom. The minimum Gasteiger partial charge on any atom is -0.484 e. The summed E-state index contributed by atoms with van der Waals surface area (Å²) in [5.74, 6) is -1.75. The van der Waals surface area contributed by atoms with Crippen LogP contribution in [0.15, 0.2) is 36.4 Å². The van der Waals surface area contributed by atoms with E-state index in [1.807, 2.05) is 0 Å². The molecule has 4 aromatic rings. The standard InChI is InChI=1S/C19H21F4N3O5S.C10H14F3N3O3S.C9H9FO3/c1-11-2-4-13(8-14(11)20)29-10-16(27)24-12-3-5-15(30-9-12)17-25-26-18(32-17)28-6-7-31-19(21,22)23;11-10(12,13)19-4-3-17-9-16-15-8(20-9)7-2-1-6(14)5-18-7;1-6-2-3-7(4-8(6)10)13-5-9(11)12/h2,4,8,12,15H,3,5-7,9-10H2,1H3,(H,24,27);6-7H,1-5,14H2;2-4H,5H2,1H3,(H,11,12)/t12-,15+;6-,7+;/m11./s1. The second-order valence-corrected chi connectivity index (χ2v) is 15.7. The predicted octanol–water partition coefficient (Wildman–Crippen LogP) is 6.55. The Labute approximate surface area is 373 Å². The van der Waals surface area contributed by atoms with Crippen molar-refractivity contribution in [3.8, 4) is 21.9 Å². The zero-order valence-corrected chi connectivity index (χ0v) is 36.1. The Morgan fingerprint density at radius 3 is 1.60 bits per heavy atom. The fourth-order valence-electron chi connectivity index (χ4n) is 5.31. The Hall–Kier alpha value is -5.06. The quantitative estimate of drug-likeness (QED) is 0.0755. The lowest BCUT2D eigenvalue weighted by molar-refractivity contribution is -0.326. The van der Waals surface area contributed by atoms with E-state index in [4.69, 9.17) is 39.3 Å². The van der Waals surface area contributed by atoms with Gasteiger partial charge < -0.3 is 44.6 Å². The first-order valence-corrected chi connectivity index (χ1v) is 21.0. The third-order valence-corrected chi connectivity index (χ3v) is 10.4. The first-order valence-electron chi connectivity index (χ1n) is 19.3. The number of benzene rings is 2. The molecule has 4 heterocycles. The van der Waals surface area contributed by atoms with E-state index in [1.165, 1.54) is 18.2 Å². The van der Waals surface area contributed by atoms with Crippen LogP contribution in [-0.4, -0.2) is 115 Å². The molecule has 2 fully saturated rings. The number of carboxylic acids is 1. The van der Waals surface area contributed by atoms with Crippen molar-refractivity contribution in [2.75, 3.05) is 52.9 Å². The molecule has 6 rings (SSSR count). The van der Waals surface area contributed by atoms with Gasteiger partial charge in [0, 0.05) is 18.2 Å². The Morgan fingerprint density at radius 2 is 1.18 bits per heavy atom. The number of aryl methyl sites for hydroxylation is 2. The third-order valence-electron chi connectivity index (χ3n) is 8.52. The number of hydrogen-bond donors (Lipinski definition) is 3. The van der Waals surface area contributed by atoms with Crippen molar-refractivity contribution in [2.45, 2.75) is 76.5 Å². The van der Waals surface area contributed by atoms with E-state index in [-0.39, 0.29) is 78.5 Å². The summed E-state index contributed by atoms with van der Waals surface area (Å²) >= 11 is 2.23. The van der Waals surface area contributed by atoms with Gasteiger partial charge in [-0.25, -0.2) is 13.6 Å². The van der Waals surface area contributed by atoms with Gasteiger partial charge in [-0.2, -0.15) is 0 Å². The molecular formula is C38H44F8N6O11S2. The molecule has 17 nitrogen and oxygen atoms in total. The maximum absolute atomic E-state index is 13.5. The van der Waals surface area contributed by atoms with E-state index in [2.05, 4.69) is 35.2 Å². The summed E-state index contributed by atoms with van der Waals surface area (Å²) in [4.78, 5) is 22.2. The van der Waals surface area contributed by atoms with E-state index < -0.39 is 50.1 Å². The first kappa shape index (κ1) is 52.6. The highest BCUT2D eigenvalue weighted by molar-refractivity contribution is 7.13. The van der Waals surface area contributed by atoms with Crippen molar-refractivity contribution >= 4 is 34.6 Å². The summed E-state index contributed by atoms with van der Waals surface area (Å²) < 4.78 is 136. The number of aromatic nitrogens is 4. The number of carboxylic acid groups (broad SMARTS) is 1. The van der Waals surface area contributed by atoms with Gasteiger partial charge in [-0.3, -0.25) is 14.3 Å². The summed E-state index contributed by atoms with van der Waals surface area (Å²) in [7, 11) is 0. The average Bonchev–Trinajstić information content (AvgIpc) is 3.93.